The molecule has 3 heterocycles. The molecule has 15 rings (SSSR count). The highest BCUT2D eigenvalue weighted by molar-refractivity contribution is 5.87. The lowest BCUT2D eigenvalue weighted by molar-refractivity contribution is -0.225. The Hall–Kier alpha value is -5.87. The Morgan fingerprint density at radius 1 is 0.412 bits per heavy atom. The lowest BCUT2D eigenvalue weighted by Crippen LogP contribution is -2.61. The Morgan fingerprint density at radius 3 is 1.16 bits per heavy atom. The maximum atomic E-state index is 12.7. The monoisotopic (exact) mass is 1940 g/mol. The third-order valence-electron chi connectivity index (χ3n) is 32.7. The van der Waals surface area contributed by atoms with Gasteiger partial charge in [0.15, 0.2) is 0 Å². The number of ether oxygens (including phenoxy) is 11. The van der Waals surface area contributed by atoms with Crippen LogP contribution in [0.2, 0.25) is 0 Å². The third kappa shape index (κ3) is 32.3. The molecule has 23 heteroatoms. The second-order valence-electron chi connectivity index (χ2n) is 44.3. The second kappa shape index (κ2) is 56.3. The number of carbonyl (C=O) groups is 11. The van der Waals surface area contributed by atoms with Gasteiger partial charge in [-0.1, -0.05) is 180 Å². The van der Waals surface area contributed by atoms with Gasteiger partial charge in [0.05, 0.1) is 75.7 Å². The van der Waals surface area contributed by atoms with Crippen LogP contribution in [0.4, 0.5) is 0 Å². The van der Waals surface area contributed by atoms with E-state index in [9.17, 15) is 57.8 Å². The van der Waals surface area contributed by atoms with Crippen LogP contribution in [0.25, 0.3) is 0 Å². The number of carbonyl (C=O) groups excluding carboxylic acids is 11. The molecule has 23 nitrogen and oxygen atoms in total. The molecule has 1 N–H and O–H groups in total. The minimum absolute atomic E-state index is 0. The molecular weight excluding hydrogens is 1730 g/mol. The summed E-state index contributed by atoms with van der Waals surface area (Å²) in [7, 11) is 1.31. The molecule has 15 aliphatic rings. The molecule has 0 radical (unpaired) electrons. The molecule has 0 amide bonds. The van der Waals surface area contributed by atoms with Gasteiger partial charge < -0.3 is 57.2 Å². The third-order valence-corrected chi connectivity index (χ3v) is 32.7. The Kier molecular flexibility index (Phi) is 59.2. The quantitative estimate of drug-likeness (QED) is 0.0533. The van der Waals surface area contributed by atoms with E-state index in [2.05, 4.69) is 34.6 Å². The van der Waals surface area contributed by atoms with E-state index in [0.29, 0.717) is 81.8 Å². The first kappa shape index (κ1) is 143. The predicted octanol–water partition coefficient (Wildman–Crippen LogP) is 28.3. The summed E-state index contributed by atoms with van der Waals surface area (Å²) in [4.78, 5) is 131. The van der Waals surface area contributed by atoms with Crippen LogP contribution in [0, 0.1) is 115 Å². The normalized spacial score (nSPS) is 29.6. The number of rotatable bonds is 24. The zero-order chi connectivity index (χ0) is 91.3. The number of aliphatic hydroxyl groups is 1. The highest BCUT2D eigenvalue weighted by atomic mass is 16.6. The zero-order valence-electron chi connectivity index (χ0n) is 80.1. The Morgan fingerprint density at radius 2 is 0.787 bits per heavy atom. The smallest absolute Gasteiger partial charge is 0.347 e. The summed E-state index contributed by atoms with van der Waals surface area (Å²) in [6.45, 7) is 50.0. The fourth-order valence-electron chi connectivity index (χ4n) is 21.7. The van der Waals surface area contributed by atoms with Gasteiger partial charge in [0.1, 0.15) is 34.6 Å². The van der Waals surface area contributed by atoms with Crippen LogP contribution >= 0.6 is 0 Å². The highest BCUT2D eigenvalue weighted by Crippen LogP contribution is 2.71. The van der Waals surface area contributed by atoms with Crippen molar-refractivity contribution in [3.05, 3.63) is 0 Å². The summed E-state index contributed by atoms with van der Waals surface area (Å²) in [5.41, 5.74) is -4.47. The summed E-state index contributed by atoms with van der Waals surface area (Å²) in [6, 6.07) is 0. The SMILES string of the molecule is C.C.C.C.C.C.C.C.C.C.C.C.C.C.CCC(C)(C)C(=O)OC1(C(C)C)CCCC1.CCC(C)(C)C(=O)OC1(C)CCCCC1.CCC(C)(C)C(=O)OC1(CC)CC2CC1C1C3CCC(C3)C21.CCC(C)(C)C(=O)OC12CC3CC(CC(O)(C3)C1)C2.CCC(C)(C)C(=O)OC1C2CC3C1OC(=O)C3C2C(=O)OC.CCC(C)(C)C(=O)OC1CCOC1=O.CCC(C)(C)C(=O)OC1CCOC1=O. The summed E-state index contributed by atoms with van der Waals surface area (Å²) >= 11 is 0. The van der Waals surface area contributed by atoms with Crippen molar-refractivity contribution < 1.29 is 110 Å². The molecule has 0 aromatic carbocycles. The van der Waals surface area contributed by atoms with E-state index in [1.165, 1.54) is 71.3 Å². The van der Waals surface area contributed by atoms with Gasteiger partial charge in [0.25, 0.3) is 0 Å². The van der Waals surface area contributed by atoms with Gasteiger partial charge in [0, 0.05) is 37.0 Å². The standard InChI is InChI=1S/C20H32O2.C16H22O6.C16H26O3.C14H26O2.C13H24O2.2C10H16O4.14CH4/c1-5-19(3,4)18(21)22-20(6-2)11-14-10-15(20)17-13-8-7-12(9-13)16(14)17;1-5-16(2,3)15(19)22-12-7-6-8-10(9(7)13(17)20-4)14(18)21-11(8)12;1-4-14(2,3)13(17)19-16-8-11-5-12(9-16)7-15(18,6-11)10-16;1-6-13(4,5)12(15)16-14(11(2)3)9-7-8-10-14;1-5-12(2,3)11(14)15-13(4)9-7-6-8-10-13;2*1-4-10(2,3)9(12)14-7-5-6-13-8(7)11;;;;;;;;;;;;;;/h12-17H,5-11H2,1-4H3;7-12H,5-6H2,1-4H3;11-12,18H,4-10H2,1-3H3;11H,6-10H2,1-5H3;5-10H2,1-4H3;2*7H,4-6H2,1-3H3;14*1H4. The van der Waals surface area contributed by atoms with Crippen LogP contribution in [-0.4, -0.2) is 144 Å². The van der Waals surface area contributed by atoms with E-state index < -0.39 is 81.4 Å². The molecule has 10 bridgehead atoms. The van der Waals surface area contributed by atoms with Crippen molar-refractivity contribution in [2.24, 2.45) is 115 Å². The molecule has 0 aromatic heterocycles. The van der Waals surface area contributed by atoms with Gasteiger partial charge in [-0.05, 0) is 325 Å². The van der Waals surface area contributed by atoms with Crippen molar-refractivity contribution in [3.8, 4) is 0 Å². The fourth-order valence-corrected chi connectivity index (χ4v) is 21.7. The van der Waals surface area contributed by atoms with E-state index in [1.807, 2.05) is 111 Å². The highest BCUT2D eigenvalue weighted by Gasteiger charge is 2.71. The van der Waals surface area contributed by atoms with Gasteiger partial charge in [-0.2, -0.15) is 0 Å². The van der Waals surface area contributed by atoms with Crippen LogP contribution in [0.5, 0.6) is 0 Å². The minimum atomic E-state index is -0.687. The molecule has 0 aromatic rings. The second-order valence-corrected chi connectivity index (χ2v) is 44.3. The van der Waals surface area contributed by atoms with Gasteiger partial charge in [-0.15, -0.1) is 0 Å². The first-order valence-electron chi connectivity index (χ1n) is 47.6. The van der Waals surface area contributed by atoms with E-state index in [0.717, 1.165) is 119 Å². The molecule has 17 atom stereocenters. The average Bonchev–Trinajstić information content (AvgIpc) is 1.53. The molecule has 12 saturated carbocycles. The van der Waals surface area contributed by atoms with Crippen molar-refractivity contribution in [2.75, 3.05) is 20.3 Å². The molecular formula is C113H218O23. The average molecular weight is 1940 g/mol. The first-order valence-corrected chi connectivity index (χ1v) is 47.6. The van der Waals surface area contributed by atoms with Crippen LogP contribution in [-0.2, 0) is 105 Å². The lowest BCUT2D eigenvalue weighted by Gasteiger charge is -2.59. The topological polar surface area (TPSA) is 310 Å². The number of cyclic esters (lactones) is 2. The van der Waals surface area contributed by atoms with Crippen molar-refractivity contribution in [2.45, 2.75) is 529 Å². The molecule has 0 spiro atoms. The number of fused-ring (bicyclic) bond motifs is 10. The molecule has 3 aliphatic heterocycles. The van der Waals surface area contributed by atoms with Crippen molar-refractivity contribution in [1.82, 2.24) is 0 Å². The van der Waals surface area contributed by atoms with Crippen LogP contribution in [0.3, 0.4) is 0 Å². The van der Waals surface area contributed by atoms with Crippen molar-refractivity contribution in [1.29, 1.82) is 0 Å². The van der Waals surface area contributed by atoms with Gasteiger partial charge in [-0.25, -0.2) is 9.59 Å². The van der Waals surface area contributed by atoms with Gasteiger partial charge in [0.2, 0.25) is 12.2 Å². The first-order chi connectivity index (χ1) is 56.7. The van der Waals surface area contributed by atoms with Crippen LogP contribution in [0.15, 0.2) is 0 Å². The van der Waals surface area contributed by atoms with E-state index in [-0.39, 0.29) is 202 Å². The van der Waals surface area contributed by atoms with Crippen LogP contribution < -0.4 is 0 Å². The molecule has 15 fully saturated rings. The Balaban J connectivity index is -0.000000283. The summed E-state index contributed by atoms with van der Waals surface area (Å²) in [5.74, 6) is 3.00. The molecule has 12 aliphatic carbocycles. The lowest BCUT2D eigenvalue weighted by atomic mass is 9.52. The van der Waals surface area contributed by atoms with Gasteiger partial charge in [-0.3, -0.25) is 43.2 Å². The zero-order valence-corrected chi connectivity index (χ0v) is 80.1. The molecule has 3 saturated heterocycles. The summed E-state index contributed by atoms with van der Waals surface area (Å²) < 4.78 is 59.3. The number of hydrogen-bond acceptors (Lipinski definition) is 23. The Labute approximate surface area is 834 Å². The Bertz CT molecular complexity index is 3590. The summed E-state index contributed by atoms with van der Waals surface area (Å²) in [6.07, 6.45) is 28.4. The summed E-state index contributed by atoms with van der Waals surface area (Å²) in [5, 5.41) is 10.6. The number of hydrogen-bond donors (Lipinski definition) is 1. The van der Waals surface area contributed by atoms with E-state index >= 15 is 0 Å². The van der Waals surface area contributed by atoms with Crippen molar-refractivity contribution in [3.63, 3.8) is 0 Å². The van der Waals surface area contributed by atoms with Gasteiger partial charge >= 0.3 is 65.7 Å². The number of esters is 11. The fraction of sp³-hybridized carbons (Fsp3) is 0.903. The van der Waals surface area contributed by atoms with E-state index in [1.54, 1.807) is 27.7 Å². The van der Waals surface area contributed by atoms with E-state index in [4.69, 9.17) is 52.1 Å². The molecule has 136 heavy (non-hydrogen) atoms. The maximum Gasteiger partial charge on any atom is 0.347 e. The molecule has 17 unspecified atom stereocenters. The van der Waals surface area contributed by atoms with Crippen molar-refractivity contribution >= 4 is 65.7 Å². The number of methoxy groups -OCH3 is 1. The minimum Gasteiger partial charge on any atom is -0.469 e. The maximum absolute atomic E-state index is 12.7. The predicted molar refractivity (Wildman–Crippen MR) is 555 cm³/mol. The molecule has 808 valence electrons. The van der Waals surface area contributed by atoms with Crippen LogP contribution in [0.1, 0.15) is 476 Å². The largest absolute Gasteiger partial charge is 0.469 e.